The van der Waals surface area contributed by atoms with Crippen LogP contribution in [-0.4, -0.2) is 10.2 Å². The van der Waals surface area contributed by atoms with Crippen molar-refractivity contribution in [2.45, 2.75) is 0 Å². The van der Waals surface area contributed by atoms with Crippen LogP contribution >= 0.6 is 0 Å². The molecule has 68 valence electrons. The minimum absolute atomic E-state index is 0.0208. The van der Waals surface area contributed by atoms with E-state index in [1.165, 1.54) is 0 Å². The van der Waals surface area contributed by atoms with Crippen LogP contribution in [0.15, 0.2) is 16.8 Å². The van der Waals surface area contributed by atoms with Crippen LogP contribution in [0, 0.1) is 5.21 Å². The van der Waals surface area contributed by atoms with E-state index in [0.29, 0.717) is 0 Å². The Kier molecular flexibility index (Phi) is 1.27. The molecule has 0 bridgehead atoms. The average molecular weight is 182 g/mol. The Morgan fingerprint density at radius 1 is 1.38 bits per heavy atom. The van der Waals surface area contributed by atoms with E-state index in [-0.39, 0.29) is 33.1 Å². The molecule has 0 saturated heterocycles. The fraction of sp³-hybridized carbons (Fsp3) is 0. The van der Waals surface area contributed by atoms with Crippen LogP contribution in [0.3, 0.4) is 0 Å². The molecule has 2 rings (SSSR count). The second-order valence-electron chi connectivity index (χ2n) is 2.58. The fourth-order valence-electron chi connectivity index (χ4n) is 1.11. The predicted molar refractivity (Wildman–Crippen MR) is 42.9 cm³/mol. The molecule has 0 amide bonds. The summed E-state index contributed by atoms with van der Waals surface area (Å²) in [5, 5.41) is 29.3. The first-order valence-corrected chi connectivity index (χ1v) is 3.43. The maximum Gasteiger partial charge on any atom is 0.245 e. The zero-order chi connectivity index (χ0) is 9.59. The zero-order valence-electron chi connectivity index (χ0n) is 6.39. The number of rotatable bonds is 0. The molecule has 0 fully saturated rings. The highest BCUT2D eigenvalue weighted by atomic mass is 16.7. The second-order valence-corrected chi connectivity index (χ2v) is 2.58. The van der Waals surface area contributed by atoms with Crippen molar-refractivity contribution in [1.82, 2.24) is 0 Å². The summed E-state index contributed by atoms with van der Waals surface area (Å²) in [5.74, 6) is -0.569. The van der Waals surface area contributed by atoms with E-state index in [0.717, 1.165) is 12.3 Å². The lowest BCUT2D eigenvalue weighted by molar-refractivity contribution is -0.788. The maximum absolute atomic E-state index is 10.7. The molecule has 0 unspecified atom stereocenters. The first-order valence-electron chi connectivity index (χ1n) is 3.43. The SMILES string of the molecule is Nc1c(O)cc(O)c2c[n+]([O-])oc12. The maximum atomic E-state index is 10.7. The Bertz CT molecular complexity index is 477. The number of hydrogen-bond donors (Lipinski definition) is 3. The number of fused-ring (bicyclic) bond motifs is 1. The number of anilines is 1. The van der Waals surface area contributed by atoms with Gasteiger partial charge in [-0.15, -0.1) is 0 Å². The van der Waals surface area contributed by atoms with Gasteiger partial charge in [0.05, 0.1) is 5.69 Å². The van der Waals surface area contributed by atoms with Gasteiger partial charge in [-0.2, -0.15) is 0 Å². The lowest BCUT2D eigenvalue weighted by atomic mass is 10.2. The van der Waals surface area contributed by atoms with Gasteiger partial charge in [0.15, 0.2) is 0 Å². The Labute approximate surface area is 72.0 Å². The van der Waals surface area contributed by atoms with Crippen LogP contribution in [0.2, 0.25) is 0 Å². The molecular weight excluding hydrogens is 176 g/mol. The standard InChI is InChI=1S/C7H6N2O4/c8-6-5(11)1-4(10)3-2-9(12)13-7(3)6/h1-2,10-11H,8H2. The van der Waals surface area contributed by atoms with Gasteiger partial charge in [0.25, 0.3) is 0 Å². The minimum atomic E-state index is -0.319. The number of aromatic nitrogens is 1. The van der Waals surface area contributed by atoms with Crippen molar-refractivity contribution in [1.29, 1.82) is 0 Å². The monoisotopic (exact) mass is 182 g/mol. The molecule has 6 nitrogen and oxygen atoms in total. The summed E-state index contributed by atoms with van der Waals surface area (Å²) in [4.78, 5) is 0.153. The molecule has 1 aromatic heterocycles. The summed E-state index contributed by atoms with van der Waals surface area (Å²) in [5.41, 5.74) is 5.31. The van der Waals surface area contributed by atoms with E-state index in [4.69, 9.17) is 10.8 Å². The molecule has 1 aromatic carbocycles. The summed E-state index contributed by atoms with van der Waals surface area (Å²) < 4.78 is 4.58. The highest BCUT2D eigenvalue weighted by molar-refractivity contribution is 5.94. The summed E-state index contributed by atoms with van der Waals surface area (Å²) in [6.07, 6.45) is 1.03. The third-order valence-electron chi connectivity index (χ3n) is 1.73. The number of phenols is 2. The van der Waals surface area contributed by atoms with Crippen molar-refractivity contribution in [2.24, 2.45) is 0 Å². The summed E-state index contributed by atoms with van der Waals surface area (Å²) in [6.45, 7) is 0. The van der Waals surface area contributed by atoms with Gasteiger partial charge in [0, 0.05) is 11.0 Å². The van der Waals surface area contributed by atoms with Gasteiger partial charge >= 0.3 is 0 Å². The van der Waals surface area contributed by atoms with Crippen LogP contribution < -0.4 is 10.6 Å². The van der Waals surface area contributed by atoms with Crippen LogP contribution in [0.4, 0.5) is 5.69 Å². The molecule has 0 spiro atoms. The van der Waals surface area contributed by atoms with Gasteiger partial charge in [0.2, 0.25) is 6.20 Å². The molecule has 0 aliphatic carbocycles. The lowest BCUT2D eigenvalue weighted by Crippen LogP contribution is -2.19. The third-order valence-corrected chi connectivity index (χ3v) is 1.73. The van der Waals surface area contributed by atoms with Crippen LogP contribution in [0.5, 0.6) is 11.5 Å². The van der Waals surface area contributed by atoms with Crippen LogP contribution in [-0.2, 0) is 0 Å². The largest absolute Gasteiger partial charge is 0.507 e. The van der Waals surface area contributed by atoms with Gasteiger partial charge in [-0.25, -0.2) is 0 Å². The van der Waals surface area contributed by atoms with E-state index in [2.05, 4.69) is 4.52 Å². The average Bonchev–Trinajstić information content (AvgIpc) is 2.44. The van der Waals surface area contributed by atoms with Gasteiger partial charge in [0.1, 0.15) is 22.5 Å². The number of benzene rings is 1. The summed E-state index contributed by atoms with van der Waals surface area (Å²) in [7, 11) is 0. The number of hydrogen-bond acceptors (Lipinski definition) is 5. The molecule has 0 aliphatic rings. The van der Waals surface area contributed by atoms with Crippen molar-refractivity contribution < 1.29 is 19.6 Å². The lowest BCUT2D eigenvalue weighted by Gasteiger charge is -2.00. The quantitative estimate of drug-likeness (QED) is 0.231. The van der Waals surface area contributed by atoms with Crippen molar-refractivity contribution >= 4 is 16.7 Å². The van der Waals surface area contributed by atoms with Gasteiger partial charge in [-0.05, 0) is 0 Å². The molecule has 2 aromatic rings. The first-order chi connectivity index (χ1) is 6.09. The summed E-state index contributed by atoms with van der Waals surface area (Å²) >= 11 is 0. The van der Waals surface area contributed by atoms with E-state index in [1.807, 2.05) is 0 Å². The molecule has 0 radical (unpaired) electrons. The molecule has 0 aliphatic heterocycles. The molecule has 6 heteroatoms. The number of nitrogen functional groups attached to an aromatic ring is 1. The zero-order valence-corrected chi connectivity index (χ0v) is 6.39. The van der Waals surface area contributed by atoms with Crippen molar-refractivity contribution in [3.05, 3.63) is 17.5 Å². The van der Waals surface area contributed by atoms with E-state index in [9.17, 15) is 10.3 Å². The fourth-order valence-corrected chi connectivity index (χ4v) is 1.11. The topological polar surface area (TPSA) is 107 Å². The molecule has 0 saturated carbocycles. The van der Waals surface area contributed by atoms with Gasteiger partial charge in [-0.1, -0.05) is 0 Å². The molecule has 0 atom stereocenters. The van der Waals surface area contributed by atoms with E-state index in [1.54, 1.807) is 0 Å². The second kappa shape index (κ2) is 2.19. The molecule has 1 heterocycles. The minimum Gasteiger partial charge on any atom is -0.507 e. The Hall–Kier alpha value is -2.11. The Morgan fingerprint density at radius 3 is 2.77 bits per heavy atom. The highest BCUT2D eigenvalue weighted by Crippen LogP contribution is 2.35. The van der Waals surface area contributed by atoms with E-state index < -0.39 is 0 Å². The Balaban J connectivity index is 2.95. The number of aromatic hydroxyl groups is 2. The predicted octanol–water partition coefficient (Wildman–Crippen LogP) is 0.0596. The third kappa shape index (κ3) is 0.919. The molecule has 4 N–H and O–H groups in total. The number of phenolic OH excluding ortho intramolecular Hbond substituents is 2. The van der Waals surface area contributed by atoms with Gasteiger partial charge in [-0.3, -0.25) is 5.21 Å². The Morgan fingerprint density at radius 2 is 2.08 bits per heavy atom. The van der Waals surface area contributed by atoms with Crippen molar-refractivity contribution in [3.8, 4) is 11.5 Å². The molecular formula is C7H6N2O4. The van der Waals surface area contributed by atoms with E-state index >= 15 is 0 Å². The van der Waals surface area contributed by atoms with Crippen molar-refractivity contribution in [2.75, 3.05) is 5.73 Å². The smallest absolute Gasteiger partial charge is 0.245 e. The van der Waals surface area contributed by atoms with Gasteiger partial charge < -0.3 is 20.5 Å². The first kappa shape index (κ1) is 7.53. The highest BCUT2D eigenvalue weighted by Gasteiger charge is 2.13. The summed E-state index contributed by atoms with van der Waals surface area (Å²) in [6, 6.07) is 1.05. The van der Waals surface area contributed by atoms with Crippen LogP contribution in [0.25, 0.3) is 11.0 Å². The normalized spacial score (nSPS) is 10.8. The molecule has 13 heavy (non-hydrogen) atoms. The number of nitrogens with two attached hydrogens (primary N) is 1. The van der Waals surface area contributed by atoms with Crippen LogP contribution in [0.1, 0.15) is 0 Å². The van der Waals surface area contributed by atoms with Crippen molar-refractivity contribution in [3.63, 3.8) is 0 Å². The number of nitrogens with zero attached hydrogens (tertiary/aromatic N) is 1.